The molecule has 0 aromatic heterocycles. The highest BCUT2D eigenvalue weighted by molar-refractivity contribution is 6.31. The van der Waals surface area contributed by atoms with Crippen LogP contribution in [0.15, 0.2) is 29.3 Å². The van der Waals surface area contributed by atoms with Gasteiger partial charge in [-0.1, -0.05) is 29.8 Å². The van der Waals surface area contributed by atoms with Crippen molar-refractivity contribution in [3.63, 3.8) is 0 Å². The van der Waals surface area contributed by atoms with Gasteiger partial charge in [0, 0.05) is 36.8 Å². The molecule has 26 heavy (non-hydrogen) atoms. The summed E-state index contributed by atoms with van der Waals surface area (Å²) in [6.45, 7) is 6.07. The van der Waals surface area contributed by atoms with Crippen LogP contribution in [0.1, 0.15) is 31.4 Å². The number of nitrogens with one attached hydrogen (secondary N) is 1. The van der Waals surface area contributed by atoms with Crippen molar-refractivity contribution in [3.8, 4) is 0 Å². The van der Waals surface area contributed by atoms with Crippen molar-refractivity contribution in [2.45, 2.75) is 38.1 Å². The molecule has 0 spiro atoms. The summed E-state index contributed by atoms with van der Waals surface area (Å²) in [5.74, 6) is 0.796. The van der Waals surface area contributed by atoms with Gasteiger partial charge in [0.15, 0.2) is 5.96 Å². The highest BCUT2D eigenvalue weighted by Gasteiger charge is 2.32. The highest BCUT2D eigenvalue weighted by Crippen LogP contribution is 2.23. The minimum Gasteiger partial charge on any atom is -0.386 e. The summed E-state index contributed by atoms with van der Waals surface area (Å²) in [5, 5.41) is 14.3. The Morgan fingerprint density at radius 2 is 2.15 bits per heavy atom. The van der Waals surface area contributed by atoms with Gasteiger partial charge in [-0.3, -0.25) is 4.99 Å². The highest BCUT2D eigenvalue weighted by atomic mass is 35.5. The zero-order valence-electron chi connectivity index (χ0n) is 15.2. The first-order chi connectivity index (χ1) is 12.7. The monoisotopic (exact) mass is 381 g/mol. The summed E-state index contributed by atoms with van der Waals surface area (Å²) in [5.41, 5.74) is 0.702. The quantitative estimate of drug-likeness (QED) is 0.604. The number of aliphatic hydroxyl groups is 1. The minimum absolute atomic E-state index is 0.0728. The summed E-state index contributed by atoms with van der Waals surface area (Å²) in [6.07, 6.45) is 1.67. The van der Waals surface area contributed by atoms with Crippen molar-refractivity contribution in [1.82, 2.24) is 10.2 Å². The van der Waals surface area contributed by atoms with E-state index in [1.807, 2.05) is 25.1 Å². The zero-order valence-corrected chi connectivity index (χ0v) is 16.0. The second-order valence-electron chi connectivity index (χ2n) is 6.64. The number of hydrogen-bond donors (Lipinski definition) is 2. The van der Waals surface area contributed by atoms with Crippen LogP contribution in [-0.2, 0) is 9.47 Å². The van der Waals surface area contributed by atoms with Crippen LogP contribution in [0.4, 0.5) is 0 Å². The van der Waals surface area contributed by atoms with Gasteiger partial charge in [-0.15, -0.1) is 0 Å². The number of halogens is 1. The van der Waals surface area contributed by atoms with Gasteiger partial charge in [-0.2, -0.15) is 0 Å². The standard InChI is InChI=1S/C19H28ClN3O3/c1-2-21-19(22-12-16(24)14-6-3-4-7-15(14)20)23-9-11-26-18(13-23)17-8-5-10-25-17/h3-4,6-7,16-18,24H,2,5,8-13H2,1H3,(H,21,22). The van der Waals surface area contributed by atoms with Crippen LogP contribution in [0.25, 0.3) is 0 Å². The van der Waals surface area contributed by atoms with Crippen LogP contribution in [0.5, 0.6) is 0 Å². The lowest BCUT2D eigenvalue weighted by atomic mass is 10.1. The number of aliphatic hydroxyl groups excluding tert-OH is 1. The van der Waals surface area contributed by atoms with Crippen LogP contribution in [0.3, 0.4) is 0 Å². The predicted molar refractivity (Wildman–Crippen MR) is 103 cm³/mol. The molecule has 2 fully saturated rings. The van der Waals surface area contributed by atoms with Gasteiger partial charge in [0.1, 0.15) is 12.2 Å². The Hall–Kier alpha value is -1.34. The van der Waals surface area contributed by atoms with E-state index in [9.17, 15) is 5.11 Å². The molecule has 3 unspecified atom stereocenters. The molecule has 2 heterocycles. The topological polar surface area (TPSA) is 66.3 Å². The number of ether oxygens (including phenoxy) is 2. The first kappa shape index (κ1) is 19.4. The number of morpholine rings is 1. The lowest BCUT2D eigenvalue weighted by molar-refractivity contribution is -0.0817. The molecular formula is C19H28ClN3O3. The Kier molecular flexibility index (Phi) is 7.14. The molecule has 2 N–H and O–H groups in total. The Balaban J connectivity index is 1.65. The van der Waals surface area contributed by atoms with Crippen molar-refractivity contribution in [2.24, 2.45) is 4.99 Å². The van der Waals surface area contributed by atoms with Gasteiger partial charge in [-0.25, -0.2) is 0 Å². The Morgan fingerprint density at radius 1 is 1.35 bits per heavy atom. The van der Waals surface area contributed by atoms with Gasteiger partial charge in [0.05, 0.1) is 19.3 Å². The van der Waals surface area contributed by atoms with Crippen molar-refractivity contribution in [1.29, 1.82) is 0 Å². The fourth-order valence-corrected chi connectivity index (χ4v) is 3.69. The molecule has 3 rings (SSSR count). The van der Waals surface area contributed by atoms with Gasteiger partial charge >= 0.3 is 0 Å². The molecule has 0 aliphatic carbocycles. The third-order valence-electron chi connectivity index (χ3n) is 4.79. The third kappa shape index (κ3) is 4.88. The smallest absolute Gasteiger partial charge is 0.194 e. The van der Waals surface area contributed by atoms with Crippen LogP contribution >= 0.6 is 11.6 Å². The molecule has 0 amide bonds. The molecule has 1 aromatic rings. The van der Waals surface area contributed by atoms with E-state index >= 15 is 0 Å². The molecule has 0 radical (unpaired) electrons. The maximum Gasteiger partial charge on any atom is 0.194 e. The van der Waals surface area contributed by atoms with Crippen LogP contribution < -0.4 is 5.32 Å². The molecule has 0 saturated carbocycles. The number of benzene rings is 1. The van der Waals surface area contributed by atoms with E-state index in [1.54, 1.807) is 6.07 Å². The van der Waals surface area contributed by atoms with E-state index in [0.717, 1.165) is 45.0 Å². The average molecular weight is 382 g/mol. The number of nitrogens with zero attached hydrogens (tertiary/aromatic N) is 2. The summed E-state index contributed by atoms with van der Waals surface area (Å²) in [6, 6.07) is 7.33. The first-order valence-corrected chi connectivity index (χ1v) is 9.75. The molecule has 2 aliphatic rings. The SMILES string of the molecule is CCNC(=NCC(O)c1ccccc1Cl)N1CCOC(C2CCCO2)C1. The molecule has 7 heteroatoms. The second-order valence-corrected chi connectivity index (χ2v) is 7.05. The Labute approximate surface area is 160 Å². The number of aliphatic imine (C=N–C) groups is 1. The molecule has 144 valence electrons. The average Bonchev–Trinajstić information content (AvgIpc) is 3.20. The minimum atomic E-state index is -0.729. The second kappa shape index (κ2) is 9.55. The van der Waals surface area contributed by atoms with Crippen molar-refractivity contribution in [3.05, 3.63) is 34.9 Å². The maximum atomic E-state index is 10.5. The molecule has 3 atom stereocenters. The fraction of sp³-hybridized carbons (Fsp3) is 0.632. The van der Waals surface area contributed by atoms with E-state index in [0.29, 0.717) is 17.2 Å². The van der Waals surface area contributed by atoms with Gasteiger partial charge < -0.3 is 24.8 Å². The van der Waals surface area contributed by atoms with E-state index < -0.39 is 6.10 Å². The predicted octanol–water partition coefficient (Wildman–Crippen LogP) is 2.22. The van der Waals surface area contributed by atoms with E-state index in [4.69, 9.17) is 21.1 Å². The largest absolute Gasteiger partial charge is 0.386 e. The van der Waals surface area contributed by atoms with Crippen LogP contribution in [-0.4, -0.2) is 67.6 Å². The molecule has 6 nitrogen and oxygen atoms in total. The van der Waals surface area contributed by atoms with Crippen molar-refractivity contribution < 1.29 is 14.6 Å². The number of rotatable bonds is 5. The third-order valence-corrected chi connectivity index (χ3v) is 5.13. The number of hydrogen-bond acceptors (Lipinski definition) is 4. The molecule has 2 aliphatic heterocycles. The maximum absolute atomic E-state index is 10.5. The van der Waals surface area contributed by atoms with Gasteiger partial charge in [-0.05, 0) is 25.8 Å². The van der Waals surface area contributed by atoms with E-state index in [1.165, 1.54) is 0 Å². The zero-order chi connectivity index (χ0) is 18.4. The van der Waals surface area contributed by atoms with Crippen LogP contribution in [0.2, 0.25) is 5.02 Å². The van der Waals surface area contributed by atoms with E-state index in [-0.39, 0.29) is 18.8 Å². The lowest BCUT2D eigenvalue weighted by Gasteiger charge is -2.37. The number of guanidine groups is 1. The molecule has 2 saturated heterocycles. The summed E-state index contributed by atoms with van der Waals surface area (Å²) >= 11 is 6.17. The molecular weight excluding hydrogens is 354 g/mol. The van der Waals surface area contributed by atoms with Gasteiger partial charge in [0.25, 0.3) is 0 Å². The molecule has 1 aromatic carbocycles. The van der Waals surface area contributed by atoms with E-state index in [2.05, 4.69) is 15.2 Å². The Bertz CT molecular complexity index is 607. The lowest BCUT2D eigenvalue weighted by Crippen LogP contribution is -2.53. The summed E-state index contributed by atoms with van der Waals surface area (Å²) < 4.78 is 11.7. The van der Waals surface area contributed by atoms with Crippen LogP contribution in [0, 0.1) is 0 Å². The Morgan fingerprint density at radius 3 is 2.88 bits per heavy atom. The summed E-state index contributed by atoms with van der Waals surface area (Å²) in [4.78, 5) is 6.84. The fourth-order valence-electron chi connectivity index (χ4n) is 3.43. The molecule has 0 bridgehead atoms. The normalized spacial score (nSPS) is 25.3. The van der Waals surface area contributed by atoms with Crippen molar-refractivity contribution in [2.75, 3.05) is 39.4 Å². The van der Waals surface area contributed by atoms with Crippen molar-refractivity contribution >= 4 is 17.6 Å². The summed E-state index contributed by atoms with van der Waals surface area (Å²) in [7, 11) is 0. The first-order valence-electron chi connectivity index (χ1n) is 9.38. The van der Waals surface area contributed by atoms with Gasteiger partial charge in [0.2, 0.25) is 0 Å².